The Morgan fingerprint density at radius 3 is 2.75 bits per heavy atom. The second kappa shape index (κ2) is 5.80. The number of anilines is 2. The maximum atomic E-state index is 12.7. The van der Waals surface area contributed by atoms with Crippen LogP contribution in [0.5, 0.6) is 0 Å². The Bertz CT molecular complexity index is 583. The zero-order valence-electron chi connectivity index (χ0n) is 10.7. The molecule has 0 atom stereocenters. The van der Waals surface area contributed by atoms with Crippen molar-refractivity contribution in [2.75, 3.05) is 23.4 Å². The summed E-state index contributed by atoms with van der Waals surface area (Å²) >= 11 is 1.33. The van der Waals surface area contributed by atoms with Crippen LogP contribution in [0.3, 0.4) is 0 Å². The van der Waals surface area contributed by atoms with E-state index in [0.29, 0.717) is 16.6 Å². The highest BCUT2D eigenvalue weighted by Gasteiger charge is 2.32. The van der Waals surface area contributed by atoms with Gasteiger partial charge in [0.05, 0.1) is 5.39 Å². The first-order chi connectivity index (χ1) is 9.44. The molecule has 2 aromatic heterocycles. The van der Waals surface area contributed by atoms with E-state index in [1.807, 2.05) is 6.92 Å². The molecule has 0 radical (unpaired) electrons. The summed E-state index contributed by atoms with van der Waals surface area (Å²) in [6.07, 6.45) is -3.71. The molecule has 2 aromatic rings. The van der Waals surface area contributed by atoms with E-state index in [4.69, 9.17) is 5.84 Å². The highest BCUT2D eigenvalue weighted by atomic mass is 32.1. The maximum absolute atomic E-state index is 12.7. The van der Waals surface area contributed by atoms with Gasteiger partial charge in [-0.25, -0.2) is 10.8 Å². The summed E-state index contributed by atoms with van der Waals surface area (Å²) in [5, 5.41) is 2.37. The summed E-state index contributed by atoms with van der Waals surface area (Å²) in [5.41, 5.74) is 2.29. The number of thiophene rings is 1. The molecular weight excluding hydrogens is 291 g/mol. The third-order valence-electron chi connectivity index (χ3n) is 2.60. The number of halogens is 3. The van der Waals surface area contributed by atoms with Crippen LogP contribution in [0.1, 0.15) is 13.3 Å². The molecule has 0 aliphatic heterocycles. The van der Waals surface area contributed by atoms with Crippen LogP contribution in [-0.2, 0) is 0 Å². The fourth-order valence-electron chi connectivity index (χ4n) is 1.89. The fraction of sp³-hybridized carbons (Fsp3) is 0.455. The number of nitrogens with one attached hydrogen (secondary N) is 1. The first-order valence-electron chi connectivity index (χ1n) is 5.98. The molecule has 2 rings (SSSR count). The van der Waals surface area contributed by atoms with E-state index in [1.165, 1.54) is 16.2 Å². The predicted molar refractivity (Wildman–Crippen MR) is 73.8 cm³/mol. The van der Waals surface area contributed by atoms with E-state index in [9.17, 15) is 13.2 Å². The molecule has 0 spiro atoms. The third-order valence-corrected chi connectivity index (χ3v) is 3.40. The smallest absolute Gasteiger partial charge is 0.347 e. The summed E-state index contributed by atoms with van der Waals surface area (Å²) in [4.78, 5) is 10.0. The largest absolute Gasteiger partial charge is 0.405 e. The normalized spacial score (nSPS) is 11.8. The van der Waals surface area contributed by atoms with Crippen molar-refractivity contribution in [1.82, 2.24) is 9.97 Å². The number of rotatable bonds is 5. The number of hydrazine groups is 1. The Kier molecular flexibility index (Phi) is 4.29. The van der Waals surface area contributed by atoms with E-state index < -0.39 is 12.7 Å². The van der Waals surface area contributed by atoms with Crippen LogP contribution in [0.4, 0.5) is 24.9 Å². The number of nitrogen functional groups attached to an aromatic ring is 1. The lowest BCUT2D eigenvalue weighted by atomic mass is 10.3. The van der Waals surface area contributed by atoms with E-state index in [2.05, 4.69) is 15.4 Å². The number of nitrogens with two attached hydrogens (primary N) is 1. The van der Waals surface area contributed by atoms with Crippen LogP contribution in [0.2, 0.25) is 0 Å². The molecule has 110 valence electrons. The Morgan fingerprint density at radius 2 is 2.15 bits per heavy atom. The van der Waals surface area contributed by atoms with Gasteiger partial charge in [0.15, 0.2) is 0 Å². The van der Waals surface area contributed by atoms with Crippen LogP contribution >= 0.6 is 11.3 Å². The molecule has 0 saturated carbocycles. The molecule has 0 aliphatic rings. The maximum Gasteiger partial charge on any atom is 0.405 e. The van der Waals surface area contributed by atoms with E-state index >= 15 is 0 Å². The van der Waals surface area contributed by atoms with Crippen molar-refractivity contribution in [1.29, 1.82) is 0 Å². The molecule has 0 amide bonds. The molecule has 0 bridgehead atoms. The van der Waals surface area contributed by atoms with Gasteiger partial charge in [0.1, 0.15) is 17.2 Å². The van der Waals surface area contributed by atoms with Gasteiger partial charge in [-0.05, 0) is 17.9 Å². The summed E-state index contributed by atoms with van der Waals surface area (Å²) < 4.78 is 38.1. The molecule has 3 N–H and O–H groups in total. The molecule has 5 nitrogen and oxygen atoms in total. The third kappa shape index (κ3) is 3.28. The standard InChI is InChI=1S/C11H14F3N5S/c1-2-4-19(6-11(12,13)14)8-7-3-5-20-9(7)17-10(16-8)18-15/h3,5H,2,4,6,15H2,1H3,(H,16,17,18). The number of fused-ring (bicyclic) bond motifs is 1. The second-order valence-corrected chi connectivity index (χ2v) is 5.09. The molecule has 0 unspecified atom stereocenters. The van der Waals surface area contributed by atoms with Gasteiger partial charge in [0.25, 0.3) is 0 Å². The Balaban J connectivity index is 2.48. The minimum absolute atomic E-state index is 0.109. The number of hydrogen-bond donors (Lipinski definition) is 2. The Labute approximate surface area is 117 Å². The van der Waals surface area contributed by atoms with Crippen molar-refractivity contribution < 1.29 is 13.2 Å². The van der Waals surface area contributed by atoms with Gasteiger partial charge in [0.2, 0.25) is 5.95 Å². The highest BCUT2D eigenvalue weighted by molar-refractivity contribution is 7.16. The van der Waals surface area contributed by atoms with Crippen molar-refractivity contribution in [2.45, 2.75) is 19.5 Å². The van der Waals surface area contributed by atoms with Gasteiger partial charge in [-0.15, -0.1) is 11.3 Å². The van der Waals surface area contributed by atoms with Gasteiger partial charge < -0.3 is 4.90 Å². The Hall–Kier alpha value is -1.61. The first kappa shape index (κ1) is 14.8. The molecule has 0 fully saturated rings. The zero-order chi connectivity index (χ0) is 14.8. The van der Waals surface area contributed by atoms with Crippen molar-refractivity contribution >= 4 is 33.3 Å². The molecular formula is C11H14F3N5S. The molecule has 9 heteroatoms. The fourth-order valence-corrected chi connectivity index (χ4v) is 2.65. The van der Waals surface area contributed by atoms with Gasteiger partial charge in [-0.2, -0.15) is 18.2 Å². The van der Waals surface area contributed by atoms with E-state index in [1.54, 1.807) is 11.4 Å². The van der Waals surface area contributed by atoms with Crippen LogP contribution in [-0.4, -0.2) is 29.2 Å². The van der Waals surface area contributed by atoms with Crippen LogP contribution in [0.25, 0.3) is 10.2 Å². The molecule has 0 aromatic carbocycles. The number of alkyl halides is 3. The summed E-state index contributed by atoms with van der Waals surface area (Å²) in [6, 6.07) is 1.72. The minimum atomic E-state index is -4.29. The van der Waals surface area contributed by atoms with Crippen LogP contribution in [0, 0.1) is 0 Å². The van der Waals surface area contributed by atoms with Crippen LogP contribution in [0.15, 0.2) is 11.4 Å². The second-order valence-electron chi connectivity index (χ2n) is 4.19. The lowest BCUT2D eigenvalue weighted by Gasteiger charge is -2.25. The van der Waals surface area contributed by atoms with Gasteiger partial charge in [0, 0.05) is 6.54 Å². The van der Waals surface area contributed by atoms with Gasteiger partial charge in [-0.1, -0.05) is 6.92 Å². The minimum Gasteiger partial charge on any atom is -0.347 e. The molecule has 0 saturated heterocycles. The quantitative estimate of drug-likeness (QED) is 0.657. The van der Waals surface area contributed by atoms with E-state index in [0.717, 1.165) is 0 Å². The molecule has 2 heterocycles. The number of nitrogens with zero attached hydrogens (tertiary/aromatic N) is 3. The molecule has 0 aliphatic carbocycles. The van der Waals surface area contributed by atoms with Crippen molar-refractivity contribution in [3.05, 3.63) is 11.4 Å². The first-order valence-corrected chi connectivity index (χ1v) is 6.86. The lowest BCUT2D eigenvalue weighted by Crippen LogP contribution is -2.35. The monoisotopic (exact) mass is 305 g/mol. The topological polar surface area (TPSA) is 67.1 Å². The lowest BCUT2D eigenvalue weighted by molar-refractivity contribution is -0.119. The average Bonchev–Trinajstić information content (AvgIpc) is 2.83. The van der Waals surface area contributed by atoms with Crippen LogP contribution < -0.4 is 16.2 Å². The number of hydrogen-bond acceptors (Lipinski definition) is 6. The zero-order valence-corrected chi connectivity index (χ0v) is 11.6. The van der Waals surface area contributed by atoms with Crippen molar-refractivity contribution in [2.24, 2.45) is 5.84 Å². The van der Waals surface area contributed by atoms with Gasteiger partial charge >= 0.3 is 6.18 Å². The number of aromatic nitrogens is 2. The predicted octanol–water partition coefficient (Wildman–Crippen LogP) is 2.76. The Morgan fingerprint density at radius 1 is 1.40 bits per heavy atom. The summed E-state index contributed by atoms with van der Waals surface area (Å²) in [7, 11) is 0. The van der Waals surface area contributed by atoms with Gasteiger partial charge in [-0.3, -0.25) is 5.43 Å². The summed E-state index contributed by atoms with van der Waals surface area (Å²) in [5.74, 6) is 5.63. The molecule has 20 heavy (non-hydrogen) atoms. The van der Waals surface area contributed by atoms with Crippen molar-refractivity contribution in [3.63, 3.8) is 0 Å². The summed E-state index contributed by atoms with van der Waals surface area (Å²) in [6.45, 7) is 1.02. The van der Waals surface area contributed by atoms with Crippen molar-refractivity contribution in [3.8, 4) is 0 Å². The SMILES string of the molecule is CCCN(CC(F)(F)F)c1nc(NN)nc2sccc12. The average molecular weight is 305 g/mol. The highest BCUT2D eigenvalue weighted by Crippen LogP contribution is 2.31. The van der Waals surface area contributed by atoms with E-state index in [-0.39, 0.29) is 18.3 Å².